The molecule has 3 aromatic rings. The van der Waals surface area contributed by atoms with Crippen molar-refractivity contribution in [3.8, 4) is 22.1 Å². The molecule has 1 N–H and O–H groups in total. The van der Waals surface area contributed by atoms with Gasteiger partial charge in [-0.3, -0.25) is 4.79 Å². The zero-order chi connectivity index (χ0) is 19.8. The molecule has 1 amide bonds. The molecule has 28 heavy (non-hydrogen) atoms. The van der Waals surface area contributed by atoms with Gasteiger partial charge in [0.15, 0.2) is 5.76 Å². The Labute approximate surface area is 167 Å². The van der Waals surface area contributed by atoms with Crippen LogP contribution in [0.2, 0.25) is 0 Å². The van der Waals surface area contributed by atoms with Gasteiger partial charge in [0.05, 0.1) is 30.4 Å². The minimum Gasteiger partial charge on any atom is -0.494 e. The molecule has 0 radical (unpaired) electrons. The molecule has 0 saturated carbocycles. The van der Waals surface area contributed by atoms with Crippen molar-refractivity contribution in [2.75, 3.05) is 25.1 Å². The summed E-state index contributed by atoms with van der Waals surface area (Å²) in [4.78, 5) is 13.2. The van der Waals surface area contributed by atoms with E-state index in [-0.39, 0.29) is 19.1 Å². The molecule has 0 aliphatic carbocycles. The standard InChI is InChI=1S/C20H22N2O5S/c1-3-25-15-7-8-17(26-4-2)16(11-15)21-20(23)13-24-12-14-10-18(27-22-14)19-6-5-9-28-19/h5-11H,3-4,12-13H2,1-2H3,(H,21,23). The third kappa shape index (κ3) is 5.34. The number of thiophene rings is 1. The lowest BCUT2D eigenvalue weighted by atomic mass is 10.2. The van der Waals surface area contributed by atoms with Crippen molar-refractivity contribution < 1.29 is 23.5 Å². The fourth-order valence-electron chi connectivity index (χ4n) is 2.49. The van der Waals surface area contributed by atoms with E-state index in [9.17, 15) is 4.79 Å². The highest BCUT2D eigenvalue weighted by molar-refractivity contribution is 7.13. The molecule has 1 aromatic carbocycles. The van der Waals surface area contributed by atoms with E-state index in [1.807, 2.05) is 37.4 Å². The van der Waals surface area contributed by atoms with E-state index in [4.69, 9.17) is 18.7 Å². The molecule has 0 bridgehead atoms. The Hall–Kier alpha value is -2.84. The van der Waals surface area contributed by atoms with Gasteiger partial charge in [0.1, 0.15) is 23.8 Å². The predicted octanol–water partition coefficient (Wildman–Crippen LogP) is 4.36. The second-order valence-electron chi connectivity index (χ2n) is 5.72. The summed E-state index contributed by atoms with van der Waals surface area (Å²) in [7, 11) is 0. The van der Waals surface area contributed by atoms with Crippen LogP contribution in [0.25, 0.3) is 10.6 Å². The highest BCUT2D eigenvalue weighted by atomic mass is 32.1. The third-order valence-corrected chi connectivity index (χ3v) is 4.53. The highest BCUT2D eigenvalue weighted by Crippen LogP contribution is 2.29. The summed E-state index contributed by atoms with van der Waals surface area (Å²) in [6.07, 6.45) is 0. The number of carbonyl (C=O) groups excluding carboxylic acids is 1. The maximum atomic E-state index is 12.2. The van der Waals surface area contributed by atoms with Gasteiger partial charge in [0, 0.05) is 12.1 Å². The first-order valence-electron chi connectivity index (χ1n) is 8.96. The van der Waals surface area contributed by atoms with Crippen LogP contribution in [0.4, 0.5) is 5.69 Å². The van der Waals surface area contributed by atoms with Gasteiger partial charge in [-0.05, 0) is 37.4 Å². The van der Waals surface area contributed by atoms with Crippen molar-refractivity contribution in [1.82, 2.24) is 5.16 Å². The molecule has 7 nitrogen and oxygen atoms in total. The van der Waals surface area contributed by atoms with E-state index >= 15 is 0 Å². The van der Waals surface area contributed by atoms with Crippen molar-refractivity contribution in [3.05, 3.63) is 47.5 Å². The fourth-order valence-corrected chi connectivity index (χ4v) is 3.17. The normalized spacial score (nSPS) is 10.6. The van der Waals surface area contributed by atoms with E-state index in [1.54, 1.807) is 29.5 Å². The van der Waals surface area contributed by atoms with E-state index in [2.05, 4.69) is 10.5 Å². The Morgan fingerprint density at radius 2 is 2.04 bits per heavy atom. The van der Waals surface area contributed by atoms with Crippen LogP contribution >= 0.6 is 11.3 Å². The summed E-state index contributed by atoms with van der Waals surface area (Å²) < 4.78 is 21.8. The van der Waals surface area contributed by atoms with Crippen molar-refractivity contribution >= 4 is 22.9 Å². The van der Waals surface area contributed by atoms with Crippen LogP contribution in [0.3, 0.4) is 0 Å². The summed E-state index contributed by atoms with van der Waals surface area (Å²) in [6.45, 7) is 4.87. The number of hydrogen-bond acceptors (Lipinski definition) is 7. The Bertz CT molecular complexity index is 892. The van der Waals surface area contributed by atoms with Crippen LogP contribution in [0.5, 0.6) is 11.5 Å². The Balaban J connectivity index is 1.53. The average Bonchev–Trinajstić information content (AvgIpc) is 3.36. The summed E-state index contributed by atoms with van der Waals surface area (Å²) >= 11 is 1.57. The molecule has 0 saturated heterocycles. The largest absolute Gasteiger partial charge is 0.494 e. The first-order chi connectivity index (χ1) is 13.7. The van der Waals surface area contributed by atoms with Gasteiger partial charge in [0.2, 0.25) is 5.91 Å². The van der Waals surface area contributed by atoms with E-state index in [0.29, 0.717) is 41.9 Å². The van der Waals surface area contributed by atoms with Gasteiger partial charge in [0.25, 0.3) is 0 Å². The summed E-state index contributed by atoms with van der Waals surface area (Å²) in [5.41, 5.74) is 1.17. The summed E-state index contributed by atoms with van der Waals surface area (Å²) in [6, 6.07) is 11.0. The van der Waals surface area contributed by atoms with E-state index in [0.717, 1.165) is 4.88 Å². The lowest BCUT2D eigenvalue weighted by Crippen LogP contribution is -2.19. The molecule has 3 rings (SSSR count). The number of benzene rings is 1. The van der Waals surface area contributed by atoms with Crippen LogP contribution in [-0.4, -0.2) is 30.9 Å². The third-order valence-electron chi connectivity index (χ3n) is 3.64. The van der Waals surface area contributed by atoms with Crippen molar-refractivity contribution in [2.45, 2.75) is 20.5 Å². The van der Waals surface area contributed by atoms with Gasteiger partial charge < -0.3 is 24.1 Å². The van der Waals surface area contributed by atoms with Gasteiger partial charge in [-0.15, -0.1) is 11.3 Å². The smallest absolute Gasteiger partial charge is 0.250 e. The van der Waals surface area contributed by atoms with Crippen molar-refractivity contribution in [3.63, 3.8) is 0 Å². The average molecular weight is 402 g/mol. The van der Waals surface area contributed by atoms with Crippen LogP contribution in [0, 0.1) is 0 Å². The molecule has 8 heteroatoms. The first-order valence-corrected chi connectivity index (χ1v) is 9.84. The number of ether oxygens (including phenoxy) is 3. The number of rotatable bonds is 10. The van der Waals surface area contributed by atoms with Crippen molar-refractivity contribution in [1.29, 1.82) is 0 Å². The number of hydrogen-bond donors (Lipinski definition) is 1. The predicted molar refractivity (Wildman–Crippen MR) is 107 cm³/mol. The van der Waals surface area contributed by atoms with Crippen LogP contribution in [-0.2, 0) is 16.1 Å². The lowest BCUT2D eigenvalue weighted by Gasteiger charge is -2.13. The SMILES string of the molecule is CCOc1ccc(OCC)c(NC(=O)COCc2cc(-c3cccs3)on2)c1. The molecule has 0 aliphatic heterocycles. The van der Waals surface area contributed by atoms with Crippen molar-refractivity contribution in [2.24, 2.45) is 0 Å². The monoisotopic (exact) mass is 402 g/mol. The molecule has 2 heterocycles. The fraction of sp³-hybridized carbons (Fsp3) is 0.300. The van der Waals surface area contributed by atoms with Crippen LogP contribution in [0.15, 0.2) is 46.3 Å². The van der Waals surface area contributed by atoms with Gasteiger partial charge >= 0.3 is 0 Å². The number of anilines is 1. The second-order valence-corrected chi connectivity index (χ2v) is 6.67. The molecule has 0 spiro atoms. The molecule has 148 valence electrons. The molecule has 0 unspecified atom stereocenters. The Morgan fingerprint density at radius 1 is 1.18 bits per heavy atom. The Morgan fingerprint density at radius 3 is 2.79 bits per heavy atom. The minimum absolute atomic E-state index is 0.119. The number of carbonyl (C=O) groups is 1. The molecular weight excluding hydrogens is 380 g/mol. The van der Waals surface area contributed by atoms with Crippen LogP contribution < -0.4 is 14.8 Å². The second kappa shape index (κ2) is 9.91. The first kappa shape index (κ1) is 19.9. The highest BCUT2D eigenvalue weighted by Gasteiger charge is 2.12. The van der Waals surface area contributed by atoms with Gasteiger partial charge in [-0.1, -0.05) is 11.2 Å². The van der Waals surface area contributed by atoms with Gasteiger partial charge in [-0.2, -0.15) is 0 Å². The molecule has 0 aliphatic rings. The summed E-state index contributed by atoms with van der Waals surface area (Å²) in [5, 5.41) is 8.73. The number of amides is 1. The number of nitrogens with one attached hydrogen (secondary N) is 1. The van der Waals surface area contributed by atoms with E-state index < -0.39 is 0 Å². The maximum absolute atomic E-state index is 12.2. The molecule has 0 atom stereocenters. The molecule has 2 aromatic heterocycles. The zero-order valence-electron chi connectivity index (χ0n) is 15.8. The quantitative estimate of drug-likeness (QED) is 0.543. The van der Waals surface area contributed by atoms with E-state index in [1.165, 1.54) is 0 Å². The minimum atomic E-state index is -0.295. The Kier molecular flexibility index (Phi) is 7.05. The summed E-state index contributed by atoms with van der Waals surface area (Å²) in [5.74, 6) is 1.63. The number of nitrogens with zero attached hydrogens (tertiary/aromatic N) is 1. The van der Waals surface area contributed by atoms with Crippen LogP contribution in [0.1, 0.15) is 19.5 Å². The van der Waals surface area contributed by atoms with Gasteiger partial charge in [-0.25, -0.2) is 0 Å². The maximum Gasteiger partial charge on any atom is 0.250 e. The lowest BCUT2D eigenvalue weighted by molar-refractivity contribution is -0.121. The number of aromatic nitrogens is 1. The zero-order valence-corrected chi connectivity index (χ0v) is 16.6. The topological polar surface area (TPSA) is 82.8 Å². The molecule has 0 fully saturated rings. The molecular formula is C20H22N2O5S.